The van der Waals surface area contributed by atoms with Gasteiger partial charge in [0.25, 0.3) is 0 Å². The second kappa shape index (κ2) is 10.5. The minimum absolute atomic E-state index is 0.192. The van der Waals surface area contributed by atoms with Crippen LogP contribution in [0.3, 0.4) is 0 Å². The first-order valence-electron chi connectivity index (χ1n) is 11.0. The minimum atomic E-state index is -4.09. The Balaban J connectivity index is 1.93. The molecule has 2 heterocycles. The van der Waals surface area contributed by atoms with Crippen molar-refractivity contribution in [3.63, 3.8) is 0 Å². The molecule has 0 aliphatic heterocycles. The third-order valence-electron chi connectivity index (χ3n) is 5.38. The van der Waals surface area contributed by atoms with Crippen LogP contribution < -0.4 is 16.2 Å². The number of nitrogen functional groups attached to an aromatic ring is 1. The molecule has 0 saturated carbocycles. The van der Waals surface area contributed by atoms with E-state index in [1.165, 1.54) is 12.3 Å². The average molecular weight is 500 g/mol. The van der Waals surface area contributed by atoms with E-state index in [2.05, 4.69) is 22.0 Å². The van der Waals surface area contributed by atoms with Crippen LogP contribution >= 0.6 is 0 Å². The van der Waals surface area contributed by atoms with Gasteiger partial charge >= 0.3 is 0 Å². The lowest BCUT2D eigenvalue weighted by molar-refractivity contribution is 0.598. The zero-order valence-electron chi connectivity index (χ0n) is 19.6. The van der Waals surface area contributed by atoms with Crippen molar-refractivity contribution in [2.75, 3.05) is 17.6 Å². The summed E-state index contributed by atoms with van der Waals surface area (Å²) >= 11 is 0. The highest BCUT2D eigenvalue weighted by atomic mass is 32.2. The molecule has 10 heteroatoms. The predicted octanol–water partition coefficient (Wildman–Crippen LogP) is 4.16. The van der Waals surface area contributed by atoms with Gasteiger partial charge in [0.05, 0.1) is 23.1 Å². The number of sulfonamides is 1. The van der Waals surface area contributed by atoms with Crippen LogP contribution in [0.25, 0.3) is 33.4 Å². The number of fused-ring (bicyclic) bond motifs is 1. The van der Waals surface area contributed by atoms with Crippen LogP contribution in [0, 0.1) is 0 Å². The quantitative estimate of drug-likeness (QED) is 0.243. The number of hydrogen-bond acceptors (Lipinski definition) is 8. The first kappa shape index (κ1) is 24.7. The number of nitrogens with two attached hydrogens (primary N) is 2. The molecule has 0 atom stereocenters. The van der Waals surface area contributed by atoms with Crippen LogP contribution in [0.4, 0.5) is 11.6 Å². The molecule has 5 N–H and O–H groups in total. The molecule has 0 bridgehead atoms. The highest BCUT2D eigenvalue weighted by molar-refractivity contribution is 7.89. The summed E-state index contributed by atoms with van der Waals surface area (Å²) in [5.41, 5.74) is 9.41. The number of benzene rings is 2. The van der Waals surface area contributed by atoms with E-state index in [1.54, 1.807) is 0 Å². The predicted molar refractivity (Wildman–Crippen MR) is 145 cm³/mol. The summed E-state index contributed by atoms with van der Waals surface area (Å²) in [5, 5.41) is 9.47. The first-order chi connectivity index (χ1) is 17.3. The lowest BCUT2D eigenvalue weighted by Crippen LogP contribution is -2.15. The maximum absolute atomic E-state index is 12.0. The van der Waals surface area contributed by atoms with Crippen LogP contribution in [0.15, 0.2) is 94.6 Å². The van der Waals surface area contributed by atoms with Gasteiger partial charge in [-0.15, -0.1) is 0 Å². The fourth-order valence-electron chi connectivity index (χ4n) is 3.65. The van der Waals surface area contributed by atoms with Crippen molar-refractivity contribution < 1.29 is 8.42 Å². The smallest absolute Gasteiger partial charge is 0.241 e. The van der Waals surface area contributed by atoms with E-state index in [9.17, 15) is 8.42 Å². The number of pyridine rings is 1. The fraction of sp³-hybridized carbons (Fsp3) is 0.0769. The summed E-state index contributed by atoms with van der Waals surface area (Å²) in [6.07, 6.45) is 7.04. The number of anilines is 2. The second-order valence-corrected chi connectivity index (χ2v) is 9.34. The van der Waals surface area contributed by atoms with Crippen molar-refractivity contribution in [3.05, 3.63) is 84.7 Å². The highest BCUT2D eigenvalue weighted by Gasteiger charge is 2.18. The van der Waals surface area contributed by atoms with Crippen LogP contribution in [0.1, 0.15) is 6.92 Å². The molecule has 36 heavy (non-hydrogen) atoms. The van der Waals surface area contributed by atoms with Crippen molar-refractivity contribution >= 4 is 39.3 Å². The number of nitrogens with zero attached hydrogens (tertiary/aromatic N) is 4. The Morgan fingerprint density at radius 1 is 1.11 bits per heavy atom. The molecule has 0 spiro atoms. The molecule has 2 aromatic carbocycles. The molecule has 4 rings (SSSR count). The monoisotopic (exact) mass is 499 g/mol. The van der Waals surface area contributed by atoms with Crippen molar-refractivity contribution in [3.8, 4) is 22.5 Å². The largest absolute Gasteiger partial charge is 0.383 e. The third-order valence-corrected chi connectivity index (χ3v) is 6.32. The van der Waals surface area contributed by atoms with E-state index in [4.69, 9.17) is 20.8 Å². The van der Waals surface area contributed by atoms with Crippen LogP contribution in [-0.4, -0.2) is 36.6 Å². The van der Waals surface area contributed by atoms with Crippen LogP contribution in [0.2, 0.25) is 0 Å². The van der Waals surface area contributed by atoms with E-state index < -0.39 is 10.0 Å². The summed E-state index contributed by atoms with van der Waals surface area (Å²) in [5.74, 6) is 0.610. The Morgan fingerprint density at radius 2 is 1.89 bits per heavy atom. The summed E-state index contributed by atoms with van der Waals surface area (Å²) in [6, 6.07) is 17.0. The first-order valence-corrected chi connectivity index (χ1v) is 12.5. The van der Waals surface area contributed by atoms with Gasteiger partial charge in [0.2, 0.25) is 10.0 Å². The van der Waals surface area contributed by atoms with Crippen molar-refractivity contribution in [2.45, 2.75) is 11.8 Å². The van der Waals surface area contributed by atoms with Crippen molar-refractivity contribution in [1.29, 1.82) is 0 Å². The number of primary sulfonamides is 1. The maximum Gasteiger partial charge on any atom is 0.241 e. The average Bonchev–Trinajstić information content (AvgIpc) is 2.88. The Morgan fingerprint density at radius 3 is 2.58 bits per heavy atom. The molecule has 0 saturated heterocycles. The lowest BCUT2D eigenvalue weighted by Gasteiger charge is -2.15. The molecule has 0 amide bonds. The molecule has 2 aromatic heterocycles. The number of hydrogen-bond donors (Lipinski definition) is 3. The lowest BCUT2D eigenvalue weighted by atomic mass is 10.0. The minimum Gasteiger partial charge on any atom is -0.383 e. The number of aromatic nitrogens is 3. The van der Waals surface area contributed by atoms with Crippen molar-refractivity contribution in [2.24, 2.45) is 10.1 Å². The van der Waals surface area contributed by atoms with Crippen LogP contribution in [0.5, 0.6) is 0 Å². The maximum atomic E-state index is 12.0. The number of allylic oxidation sites excluding steroid dienone is 3. The molecule has 0 radical (unpaired) electrons. The number of rotatable bonds is 8. The van der Waals surface area contributed by atoms with E-state index >= 15 is 0 Å². The zero-order chi connectivity index (χ0) is 25.7. The van der Waals surface area contributed by atoms with Gasteiger partial charge in [0, 0.05) is 11.8 Å². The second-order valence-electron chi connectivity index (χ2n) is 7.81. The van der Waals surface area contributed by atoms with Gasteiger partial charge in [-0.05, 0) is 43.0 Å². The zero-order valence-corrected chi connectivity index (χ0v) is 20.4. The summed E-state index contributed by atoms with van der Waals surface area (Å²) in [4.78, 5) is 17.3. The summed E-state index contributed by atoms with van der Waals surface area (Å²) < 4.78 is 24.0. The van der Waals surface area contributed by atoms with Crippen molar-refractivity contribution in [1.82, 2.24) is 15.0 Å². The Bertz CT molecular complexity index is 1600. The topological polar surface area (TPSA) is 149 Å². The summed E-state index contributed by atoms with van der Waals surface area (Å²) in [7, 11) is -4.09. The Kier molecular flexibility index (Phi) is 7.18. The third kappa shape index (κ3) is 5.29. The Labute approximate surface area is 209 Å². The number of nitrogens with one attached hydrogen (secondary N) is 1. The molecule has 9 nitrogen and oxygen atoms in total. The SMILES string of the molecule is C=N/C(=C\C=C/C)CNc1nc(-c2cnc(N)c(S(N)(=O)=O)c2)nc2cccc(-c3ccccc3)c12. The molecular weight excluding hydrogens is 474 g/mol. The van der Waals surface area contributed by atoms with Gasteiger partial charge in [-0.3, -0.25) is 4.99 Å². The molecule has 4 aromatic rings. The van der Waals surface area contributed by atoms with E-state index in [1.807, 2.05) is 73.7 Å². The van der Waals surface area contributed by atoms with Crippen LogP contribution in [-0.2, 0) is 10.0 Å². The van der Waals surface area contributed by atoms with E-state index in [0.717, 1.165) is 16.5 Å². The molecule has 0 fully saturated rings. The molecular formula is C26H25N7O2S. The van der Waals surface area contributed by atoms with E-state index in [0.29, 0.717) is 29.1 Å². The summed E-state index contributed by atoms with van der Waals surface area (Å²) in [6.45, 7) is 5.91. The molecule has 0 aliphatic carbocycles. The van der Waals surface area contributed by atoms with Gasteiger partial charge in [0.15, 0.2) is 5.82 Å². The molecule has 182 valence electrons. The highest BCUT2D eigenvalue weighted by Crippen LogP contribution is 2.34. The standard InChI is InChI=1S/C26H25N7O2S/c1-3-4-11-19(29-2)16-31-26-23-20(17-9-6-5-7-10-17)12-8-13-21(23)32-25(33-26)18-14-22(36(28,34)35)24(27)30-15-18/h3-15H,2,16H2,1H3,(H2,27,30)(H2,28,34,35)(H,31,32,33)/b4-3-,19-11-. The van der Waals surface area contributed by atoms with Gasteiger partial charge in [-0.2, -0.15) is 0 Å². The van der Waals surface area contributed by atoms with E-state index in [-0.39, 0.29) is 16.5 Å². The van der Waals surface area contributed by atoms with Gasteiger partial charge in [-0.25, -0.2) is 28.5 Å². The molecule has 0 aliphatic rings. The normalized spacial score (nSPS) is 12.2. The van der Waals surface area contributed by atoms with Gasteiger partial charge < -0.3 is 11.1 Å². The Hall–Kier alpha value is -4.41. The fourth-order valence-corrected chi connectivity index (χ4v) is 4.29. The number of aliphatic imine (C=N–C) groups is 1. The van der Waals surface area contributed by atoms with Gasteiger partial charge in [0.1, 0.15) is 16.5 Å². The van der Waals surface area contributed by atoms with Gasteiger partial charge in [-0.1, -0.05) is 54.6 Å². The molecule has 0 unspecified atom stereocenters.